The van der Waals surface area contributed by atoms with E-state index in [-0.39, 0.29) is 28.5 Å². The number of hydrogen-bond donors (Lipinski definition) is 2. The van der Waals surface area contributed by atoms with Crippen molar-refractivity contribution in [1.29, 1.82) is 0 Å². The number of Topliss-reactive ketones (excluding diaryl/α,β-unsaturated/α-hetero) is 1. The van der Waals surface area contributed by atoms with Crippen molar-refractivity contribution in [3.05, 3.63) is 78.7 Å². The summed E-state index contributed by atoms with van der Waals surface area (Å²) in [5.41, 5.74) is 15.3. The van der Waals surface area contributed by atoms with Crippen LogP contribution in [-0.2, 0) is 30.5 Å². The van der Waals surface area contributed by atoms with Gasteiger partial charge in [-0.1, -0.05) is 37.0 Å². The molecule has 18 heteroatoms. The lowest BCUT2D eigenvalue weighted by atomic mass is 9.88. The lowest BCUT2D eigenvalue weighted by Gasteiger charge is -2.43. The van der Waals surface area contributed by atoms with Crippen molar-refractivity contribution < 1.29 is 13.6 Å². The Kier molecular flexibility index (Phi) is 16.7. The van der Waals surface area contributed by atoms with E-state index in [2.05, 4.69) is 53.4 Å². The molecule has 0 amide bonds. The summed E-state index contributed by atoms with van der Waals surface area (Å²) < 4.78 is 29.3. The van der Waals surface area contributed by atoms with Crippen LogP contribution in [0.15, 0.2) is 24.3 Å². The molecule has 4 N–H and O–H groups in total. The van der Waals surface area contributed by atoms with Gasteiger partial charge in [-0.05, 0) is 152 Å². The Morgan fingerprint density at radius 2 is 1.10 bits per heavy atom. The Labute approximate surface area is 394 Å². The van der Waals surface area contributed by atoms with Crippen LogP contribution in [0, 0.1) is 23.5 Å². The molecule has 2 saturated heterocycles. The van der Waals surface area contributed by atoms with Crippen molar-refractivity contribution in [3.63, 3.8) is 0 Å². The van der Waals surface area contributed by atoms with Crippen LogP contribution in [0.1, 0.15) is 110 Å². The SMILES string of the molecule is CCCN(CC1CCN([C@H](C(=O)[C@H](c2ccc(F)c(Cl)n2)N2CCC(CN(CCC)C3CCc4nc(N)sc4C3)CC2)c2ccc(F)c(Cl)n2)CC1)C1CCc2nc(N)sc2C1.Cl. The molecule has 6 heterocycles. The molecule has 2 unspecified atom stereocenters. The van der Waals surface area contributed by atoms with Crippen molar-refractivity contribution in [2.45, 2.75) is 115 Å². The third kappa shape index (κ3) is 11.3. The number of rotatable bonds is 16. The van der Waals surface area contributed by atoms with E-state index in [9.17, 15) is 8.78 Å². The van der Waals surface area contributed by atoms with Gasteiger partial charge in [-0.25, -0.2) is 28.7 Å². The van der Waals surface area contributed by atoms with Gasteiger partial charge < -0.3 is 11.5 Å². The van der Waals surface area contributed by atoms with E-state index in [4.69, 9.17) is 34.7 Å². The summed E-state index contributed by atoms with van der Waals surface area (Å²) in [5, 5.41) is 0.771. The minimum absolute atomic E-state index is 0. The van der Waals surface area contributed by atoms with Gasteiger partial charge >= 0.3 is 0 Å². The molecule has 0 radical (unpaired) electrons. The predicted molar refractivity (Wildman–Crippen MR) is 253 cm³/mol. The number of pyridine rings is 2. The molecule has 2 aliphatic heterocycles. The molecular weight excluding hydrogens is 905 g/mol. The Morgan fingerprint density at radius 3 is 1.46 bits per heavy atom. The number of hydrogen-bond acceptors (Lipinski definition) is 13. The third-order valence-electron chi connectivity index (χ3n) is 13.7. The summed E-state index contributed by atoms with van der Waals surface area (Å²) >= 11 is 15.9. The Morgan fingerprint density at radius 1 is 0.698 bits per heavy atom. The number of nitrogens with two attached hydrogens (primary N) is 2. The number of ketones is 1. The molecule has 2 fully saturated rings. The second-order valence-corrected chi connectivity index (χ2v) is 20.8. The number of nitrogen functional groups attached to an aromatic ring is 2. The van der Waals surface area contributed by atoms with Crippen molar-refractivity contribution in [3.8, 4) is 0 Å². The van der Waals surface area contributed by atoms with Crippen molar-refractivity contribution in [2.75, 3.05) is 63.8 Å². The second-order valence-electron chi connectivity index (χ2n) is 17.8. The van der Waals surface area contributed by atoms with Crippen molar-refractivity contribution in [2.24, 2.45) is 11.8 Å². The number of anilines is 2. The van der Waals surface area contributed by atoms with Gasteiger partial charge in [0.1, 0.15) is 12.1 Å². The average molecular weight is 967 g/mol. The van der Waals surface area contributed by atoms with Gasteiger partial charge in [-0.3, -0.25) is 24.4 Å². The molecular formula is C45H61Cl3F2N10OS2. The van der Waals surface area contributed by atoms with Crippen molar-refractivity contribution >= 4 is 74.3 Å². The van der Waals surface area contributed by atoms with Crippen LogP contribution in [0.5, 0.6) is 0 Å². The first-order valence-electron chi connectivity index (χ1n) is 22.6. The number of nitrogens with zero attached hydrogens (tertiary/aromatic N) is 8. The summed E-state index contributed by atoms with van der Waals surface area (Å²) in [6, 6.07) is 5.00. The molecule has 4 aromatic rings. The standard InChI is InChI=1S/C45H60Cl2F2N10OS2.ClH/c1-3-17-58(29-5-9-33-37(23-29)61-44(50)54-33)25-27-13-19-56(20-14-27)39(35-11-7-31(48)42(46)52-35)41(60)40(36-12-8-32(49)43(47)53-36)57-21-15-28(16-22-57)26-59(18-4-2)30-6-10-34-38(24-30)62-45(51)55-34;/h7-8,11-12,27-30,39-40H,3-6,9-10,13-26H2,1-2H3,(H2,50,54)(H2,51,55);1H/t29?,30?,39-,40-;/m0./s1. The molecule has 0 saturated carbocycles. The van der Waals surface area contributed by atoms with Crippen molar-refractivity contribution in [1.82, 2.24) is 39.5 Å². The summed E-state index contributed by atoms with van der Waals surface area (Å²) in [4.78, 5) is 45.9. The topological polar surface area (TPSA) is 134 Å². The van der Waals surface area contributed by atoms with Gasteiger partial charge in [-0.15, -0.1) is 35.1 Å². The van der Waals surface area contributed by atoms with Crippen LogP contribution in [0.4, 0.5) is 19.0 Å². The quantitative estimate of drug-likeness (QED) is 0.104. The van der Waals surface area contributed by atoms with Gasteiger partial charge in [-0.2, -0.15) is 0 Å². The highest BCUT2D eigenvalue weighted by Gasteiger charge is 2.42. The molecule has 63 heavy (non-hydrogen) atoms. The third-order valence-corrected chi connectivity index (χ3v) is 16.1. The van der Waals surface area contributed by atoms with E-state index in [1.807, 2.05) is 0 Å². The number of halogens is 5. The van der Waals surface area contributed by atoms with Gasteiger partial charge in [0.05, 0.1) is 22.8 Å². The lowest BCUT2D eigenvalue weighted by molar-refractivity contribution is -0.132. The molecule has 11 nitrogen and oxygen atoms in total. The lowest BCUT2D eigenvalue weighted by Crippen LogP contribution is -2.49. The maximum Gasteiger partial charge on any atom is 0.180 e. The van der Waals surface area contributed by atoms with E-state index in [1.165, 1.54) is 21.9 Å². The van der Waals surface area contributed by atoms with Crippen LogP contribution in [0.2, 0.25) is 10.3 Å². The van der Waals surface area contributed by atoms with Crippen LogP contribution in [-0.4, -0.2) is 110 Å². The van der Waals surface area contributed by atoms with E-state index in [1.54, 1.807) is 34.8 Å². The zero-order valence-corrected chi connectivity index (χ0v) is 40.3. The summed E-state index contributed by atoms with van der Waals surface area (Å²) in [7, 11) is 0. The number of carbonyl (C=O) groups excluding carboxylic acids is 1. The molecule has 0 bridgehead atoms. The van der Waals surface area contributed by atoms with E-state index in [0.29, 0.717) is 71.7 Å². The highest BCUT2D eigenvalue weighted by atomic mass is 35.5. The van der Waals surface area contributed by atoms with Gasteiger partial charge in [0, 0.05) is 34.9 Å². The van der Waals surface area contributed by atoms with E-state index in [0.717, 1.165) is 115 Å². The van der Waals surface area contributed by atoms with Crippen LogP contribution < -0.4 is 11.5 Å². The molecule has 344 valence electrons. The summed E-state index contributed by atoms with van der Waals surface area (Å²) in [5.74, 6) is -0.529. The highest BCUT2D eigenvalue weighted by Crippen LogP contribution is 2.38. The van der Waals surface area contributed by atoms with Gasteiger partial charge in [0.15, 0.2) is 38.0 Å². The molecule has 4 aliphatic rings. The Balaban J connectivity index is 0.00000595. The Hall–Kier alpha value is -2.60. The summed E-state index contributed by atoms with van der Waals surface area (Å²) in [6.45, 7) is 11.2. The highest BCUT2D eigenvalue weighted by molar-refractivity contribution is 7.15. The summed E-state index contributed by atoms with van der Waals surface area (Å²) in [6.07, 6.45) is 11.8. The molecule has 2 aliphatic carbocycles. The smallest absolute Gasteiger partial charge is 0.180 e. The zero-order valence-electron chi connectivity index (χ0n) is 36.3. The fourth-order valence-electron chi connectivity index (χ4n) is 10.6. The fraction of sp³-hybridized carbons (Fsp3) is 0.622. The van der Waals surface area contributed by atoms with Crippen LogP contribution >= 0.6 is 58.3 Å². The predicted octanol–water partition coefficient (Wildman–Crippen LogP) is 8.88. The Bertz CT molecular complexity index is 2020. The van der Waals surface area contributed by atoms with Gasteiger partial charge in [0.25, 0.3) is 0 Å². The number of likely N-dealkylation sites (tertiary alicyclic amines) is 2. The number of fused-ring (bicyclic) bond motifs is 2. The fourth-order valence-corrected chi connectivity index (χ4v) is 12.8. The number of thiazole rings is 2. The number of carbonyl (C=O) groups is 1. The maximum atomic E-state index is 15.5. The monoisotopic (exact) mass is 964 g/mol. The first-order chi connectivity index (χ1) is 30.0. The van der Waals surface area contributed by atoms with Crippen LogP contribution in [0.25, 0.3) is 0 Å². The minimum atomic E-state index is -0.820. The van der Waals surface area contributed by atoms with E-state index >= 15 is 4.79 Å². The zero-order chi connectivity index (χ0) is 43.5. The molecule has 8 rings (SSSR count). The number of aromatic nitrogens is 4. The number of aryl methyl sites for hydroxylation is 2. The molecule has 0 spiro atoms. The minimum Gasteiger partial charge on any atom is -0.375 e. The molecule has 4 aromatic heterocycles. The first-order valence-corrected chi connectivity index (χ1v) is 25.0. The number of piperidine rings is 2. The maximum absolute atomic E-state index is 15.5. The second kappa shape index (κ2) is 21.8. The largest absolute Gasteiger partial charge is 0.375 e. The van der Waals surface area contributed by atoms with E-state index < -0.39 is 23.7 Å². The van der Waals surface area contributed by atoms with Crippen LogP contribution in [0.3, 0.4) is 0 Å². The normalized spacial score (nSPS) is 21.3. The van der Waals surface area contributed by atoms with Gasteiger partial charge in [0.2, 0.25) is 0 Å². The average Bonchev–Trinajstić information content (AvgIpc) is 3.84. The molecule has 4 atom stereocenters. The molecule has 0 aromatic carbocycles. The first kappa shape index (κ1) is 48.3.